The summed E-state index contributed by atoms with van der Waals surface area (Å²) in [7, 11) is 0. The molecule has 0 bridgehead atoms. The Morgan fingerprint density at radius 3 is 2.87 bits per heavy atom. The van der Waals surface area contributed by atoms with Crippen LogP contribution in [-0.2, 0) is 11.3 Å². The molecule has 3 rings (SSSR count). The Balaban J connectivity index is 1.82. The van der Waals surface area contributed by atoms with E-state index in [2.05, 4.69) is 21.9 Å². The maximum atomic E-state index is 12.5. The van der Waals surface area contributed by atoms with Crippen molar-refractivity contribution in [1.82, 2.24) is 20.0 Å². The van der Waals surface area contributed by atoms with Crippen LogP contribution in [-0.4, -0.2) is 32.4 Å². The van der Waals surface area contributed by atoms with Crippen LogP contribution in [0.3, 0.4) is 0 Å². The molecule has 0 unspecified atom stereocenters. The Bertz CT molecular complexity index is 782. The molecule has 0 spiro atoms. The van der Waals surface area contributed by atoms with Gasteiger partial charge in [-0.2, -0.15) is 0 Å². The normalized spacial score (nSPS) is 10.4. The van der Waals surface area contributed by atoms with Crippen molar-refractivity contribution in [2.45, 2.75) is 6.54 Å². The number of carbonyl (C=O) groups excluding carboxylic acids is 1. The van der Waals surface area contributed by atoms with Crippen LogP contribution in [0, 0.1) is 0 Å². The summed E-state index contributed by atoms with van der Waals surface area (Å²) in [6, 6.07) is 9.88. The van der Waals surface area contributed by atoms with Crippen molar-refractivity contribution in [1.29, 1.82) is 0 Å². The monoisotopic (exact) mass is 325 g/mol. The Morgan fingerprint density at radius 1 is 1.35 bits per heavy atom. The number of thiazole rings is 1. The molecule has 0 aliphatic rings. The number of rotatable bonds is 6. The van der Waals surface area contributed by atoms with Gasteiger partial charge in [-0.1, -0.05) is 41.6 Å². The molecule has 0 radical (unpaired) electrons. The zero-order valence-corrected chi connectivity index (χ0v) is 13.2. The summed E-state index contributed by atoms with van der Waals surface area (Å²) in [5.74, 6) is -0.107. The minimum Gasteiger partial charge on any atom is -0.283 e. The van der Waals surface area contributed by atoms with E-state index in [1.807, 2.05) is 35.7 Å². The molecule has 23 heavy (non-hydrogen) atoms. The molecule has 0 N–H and O–H groups in total. The van der Waals surface area contributed by atoms with Crippen LogP contribution in [0.15, 0.2) is 60.8 Å². The van der Waals surface area contributed by atoms with E-state index in [9.17, 15) is 4.79 Å². The second-order valence-corrected chi connectivity index (χ2v) is 5.61. The number of carbonyl (C=O) groups is 1. The molecule has 2 aromatic heterocycles. The molecule has 6 nitrogen and oxygen atoms in total. The first kappa shape index (κ1) is 15.1. The smallest absolute Gasteiger partial charge is 0.250 e. The maximum Gasteiger partial charge on any atom is 0.250 e. The van der Waals surface area contributed by atoms with Gasteiger partial charge in [0.05, 0.1) is 11.9 Å². The average Bonchev–Trinajstić information content (AvgIpc) is 3.25. The molecule has 1 aromatic carbocycles. The van der Waals surface area contributed by atoms with E-state index in [0.29, 0.717) is 11.7 Å². The molecule has 7 heteroatoms. The number of benzene rings is 1. The van der Waals surface area contributed by atoms with Crippen LogP contribution in [0.2, 0.25) is 0 Å². The van der Waals surface area contributed by atoms with Crippen molar-refractivity contribution in [3.63, 3.8) is 0 Å². The molecule has 1 amide bonds. The largest absolute Gasteiger partial charge is 0.283 e. The van der Waals surface area contributed by atoms with Gasteiger partial charge in [-0.05, 0) is 0 Å². The van der Waals surface area contributed by atoms with Gasteiger partial charge in [-0.25, -0.2) is 9.67 Å². The fraction of sp³-hybridized carbons (Fsp3) is 0.125. The van der Waals surface area contributed by atoms with Crippen LogP contribution in [0.5, 0.6) is 0 Å². The number of hydrogen-bond acceptors (Lipinski definition) is 5. The van der Waals surface area contributed by atoms with Gasteiger partial charge in [0.2, 0.25) is 0 Å². The van der Waals surface area contributed by atoms with Crippen molar-refractivity contribution in [2.24, 2.45) is 0 Å². The zero-order chi connectivity index (χ0) is 16.1. The fourth-order valence-electron chi connectivity index (χ4n) is 2.09. The summed E-state index contributed by atoms with van der Waals surface area (Å²) in [5.41, 5.74) is 1.88. The predicted molar refractivity (Wildman–Crippen MR) is 90.1 cm³/mol. The Morgan fingerprint density at radius 2 is 2.17 bits per heavy atom. The lowest BCUT2D eigenvalue weighted by Gasteiger charge is -2.17. The quantitative estimate of drug-likeness (QED) is 0.654. The first-order valence-corrected chi connectivity index (χ1v) is 7.92. The summed E-state index contributed by atoms with van der Waals surface area (Å²) in [6.07, 6.45) is 4.88. The molecule has 0 saturated heterocycles. The molecule has 0 aliphatic carbocycles. The highest BCUT2D eigenvalue weighted by atomic mass is 32.1. The Hall–Kier alpha value is -2.80. The highest BCUT2D eigenvalue weighted by Gasteiger charge is 2.19. The van der Waals surface area contributed by atoms with Gasteiger partial charge in [-0.15, -0.1) is 23.0 Å². The number of hydrogen-bond donors (Lipinski definition) is 0. The molecule has 3 aromatic rings. The minimum atomic E-state index is -0.107. The lowest BCUT2D eigenvalue weighted by Crippen LogP contribution is -2.34. The maximum absolute atomic E-state index is 12.5. The van der Waals surface area contributed by atoms with Gasteiger partial charge in [0.1, 0.15) is 6.54 Å². The van der Waals surface area contributed by atoms with E-state index in [1.54, 1.807) is 23.4 Å². The number of amides is 1. The number of nitrogens with zero attached hydrogens (tertiary/aromatic N) is 5. The number of anilines is 1. The van der Waals surface area contributed by atoms with E-state index >= 15 is 0 Å². The highest BCUT2D eigenvalue weighted by Crippen LogP contribution is 2.27. The van der Waals surface area contributed by atoms with Gasteiger partial charge < -0.3 is 0 Å². The average molecular weight is 325 g/mol. The SMILES string of the molecule is C=CCN(C(=O)Cn1ccnn1)c1nc(-c2ccccc2)cs1. The molecule has 0 atom stereocenters. The van der Waals surface area contributed by atoms with Crippen LogP contribution in [0.1, 0.15) is 0 Å². The zero-order valence-electron chi connectivity index (χ0n) is 12.4. The molecular formula is C16H15N5OS. The molecular weight excluding hydrogens is 310 g/mol. The second-order valence-electron chi connectivity index (χ2n) is 4.77. The van der Waals surface area contributed by atoms with Gasteiger partial charge >= 0.3 is 0 Å². The van der Waals surface area contributed by atoms with Gasteiger partial charge in [0.15, 0.2) is 5.13 Å². The molecule has 0 saturated carbocycles. The van der Waals surface area contributed by atoms with Crippen LogP contribution in [0.4, 0.5) is 5.13 Å². The Kier molecular flexibility index (Phi) is 4.58. The fourth-order valence-corrected chi connectivity index (χ4v) is 2.95. The molecule has 0 aliphatic heterocycles. The van der Waals surface area contributed by atoms with Crippen molar-refractivity contribution in [2.75, 3.05) is 11.4 Å². The van der Waals surface area contributed by atoms with Crippen molar-refractivity contribution < 1.29 is 4.79 Å². The third-order valence-corrected chi connectivity index (χ3v) is 4.04. The van der Waals surface area contributed by atoms with Crippen molar-refractivity contribution in [3.8, 4) is 11.3 Å². The van der Waals surface area contributed by atoms with Gasteiger partial charge in [0.25, 0.3) is 5.91 Å². The molecule has 2 heterocycles. The van der Waals surface area contributed by atoms with Crippen molar-refractivity contribution >= 4 is 22.4 Å². The Labute approximate surface area is 137 Å². The van der Waals surface area contributed by atoms with Crippen LogP contribution < -0.4 is 4.90 Å². The summed E-state index contributed by atoms with van der Waals surface area (Å²) in [4.78, 5) is 18.7. The standard InChI is InChI=1S/C16H15N5OS/c1-2-9-21(15(22)11-20-10-8-17-19-20)16-18-14(12-23-16)13-6-4-3-5-7-13/h2-8,10,12H,1,9,11H2. The first-order valence-electron chi connectivity index (χ1n) is 7.04. The summed E-state index contributed by atoms with van der Waals surface area (Å²) in [5, 5.41) is 10.1. The minimum absolute atomic E-state index is 0.107. The number of aromatic nitrogens is 4. The van der Waals surface area contributed by atoms with Crippen LogP contribution >= 0.6 is 11.3 Å². The molecule has 116 valence electrons. The third-order valence-electron chi connectivity index (χ3n) is 3.17. The third kappa shape index (κ3) is 3.51. The highest BCUT2D eigenvalue weighted by molar-refractivity contribution is 7.14. The molecule has 0 fully saturated rings. The lowest BCUT2D eigenvalue weighted by atomic mass is 10.2. The van der Waals surface area contributed by atoms with Gasteiger partial charge in [0, 0.05) is 23.7 Å². The van der Waals surface area contributed by atoms with E-state index in [4.69, 9.17) is 0 Å². The summed E-state index contributed by atoms with van der Waals surface area (Å²) >= 11 is 1.43. The van der Waals surface area contributed by atoms with Crippen LogP contribution in [0.25, 0.3) is 11.3 Å². The summed E-state index contributed by atoms with van der Waals surface area (Å²) in [6.45, 7) is 4.24. The van der Waals surface area contributed by atoms with E-state index < -0.39 is 0 Å². The first-order chi connectivity index (χ1) is 11.3. The van der Waals surface area contributed by atoms with E-state index in [0.717, 1.165) is 11.3 Å². The predicted octanol–water partition coefficient (Wildman–Crippen LogP) is 2.62. The second kappa shape index (κ2) is 6.97. The summed E-state index contributed by atoms with van der Waals surface area (Å²) < 4.78 is 1.49. The van der Waals surface area contributed by atoms with Gasteiger partial charge in [-0.3, -0.25) is 9.69 Å². The van der Waals surface area contributed by atoms with E-state index in [-0.39, 0.29) is 12.5 Å². The van der Waals surface area contributed by atoms with Crippen molar-refractivity contribution in [3.05, 3.63) is 60.8 Å². The van der Waals surface area contributed by atoms with E-state index in [1.165, 1.54) is 16.0 Å². The lowest BCUT2D eigenvalue weighted by molar-refractivity contribution is -0.119. The topological polar surface area (TPSA) is 63.9 Å².